The minimum absolute atomic E-state index is 0.286. The standard InChI is InChI=1S/C20H21ClN2O2S/c1-11-7-8-12-15(9-11)26-20-17(12)18(22-16(10-21)23-20)13-5-4-6-14(24-2)19(13)25-3/h4-6,11H,7-10H2,1-3H3. The number of fused-ring (bicyclic) bond motifs is 3. The summed E-state index contributed by atoms with van der Waals surface area (Å²) in [4.78, 5) is 12.0. The first-order valence-corrected chi connectivity index (χ1v) is 10.1. The van der Waals surface area contributed by atoms with Crippen LogP contribution in [-0.2, 0) is 18.7 Å². The van der Waals surface area contributed by atoms with Gasteiger partial charge < -0.3 is 9.47 Å². The Labute approximate surface area is 162 Å². The Morgan fingerprint density at radius 2 is 2.08 bits per heavy atom. The lowest BCUT2D eigenvalue weighted by Crippen LogP contribution is -2.09. The average molecular weight is 389 g/mol. The third-order valence-corrected chi connectivity index (χ3v) is 6.37. The molecule has 136 valence electrons. The molecule has 4 rings (SSSR count). The lowest BCUT2D eigenvalue weighted by atomic mass is 9.88. The van der Waals surface area contributed by atoms with Crippen LogP contribution in [0, 0.1) is 5.92 Å². The van der Waals surface area contributed by atoms with Gasteiger partial charge in [-0.25, -0.2) is 9.97 Å². The molecule has 1 aliphatic carbocycles. The molecule has 1 aliphatic rings. The van der Waals surface area contributed by atoms with Crippen molar-refractivity contribution in [2.75, 3.05) is 14.2 Å². The van der Waals surface area contributed by atoms with Crippen molar-refractivity contribution in [1.82, 2.24) is 9.97 Å². The summed E-state index contributed by atoms with van der Waals surface area (Å²) in [5.74, 6) is 3.03. The van der Waals surface area contributed by atoms with Crippen molar-refractivity contribution in [2.45, 2.75) is 32.1 Å². The van der Waals surface area contributed by atoms with Crippen LogP contribution in [0.15, 0.2) is 18.2 Å². The molecule has 0 fully saturated rings. The van der Waals surface area contributed by atoms with Crippen molar-refractivity contribution in [2.24, 2.45) is 5.92 Å². The van der Waals surface area contributed by atoms with Gasteiger partial charge in [-0.2, -0.15) is 0 Å². The summed E-state index contributed by atoms with van der Waals surface area (Å²) in [6.45, 7) is 2.31. The smallest absolute Gasteiger partial charge is 0.170 e. The Balaban J connectivity index is 2.03. The molecule has 0 radical (unpaired) electrons. The third kappa shape index (κ3) is 2.83. The Morgan fingerprint density at radius 1 is 1.23 bits per heavy atom. The van der Waals surface area contributed by atoms with E-state index < -0.39 is 0 Å². The van der Waals surface area contributed by atoms with E-state index in [4.69, 9.17) is 31.0 Å². The molecule has 0 aliphatic heterocycles. The molecule has 1 atom stereocenters. The number of aryl methyl sites for hydroxylation is 1. The second kappa shape index (κ2) is 7.05. The van der Waals surface area contributed by atoms with Crippen molar-refractivity contribution in [1.29, 1.82) is 0 Å². The molecule has 1 unspecified atom stereocenters. The van der Waals surface area contributed by atoms with Gasteiger partial charge in [-0.1, -0.05) is 13.0 Å². The maximum atomic E-state index is 6.09. The highest BCUT2D eigenvalue weighted by molar-refractivity contribution is 7.19. The number of rotatable bonds is 4. The zero-order valence-electron chi connectivity index (χ0n) is 15.1. The molecular formula is C20H21ClN2O2S. The quantitative estimate of drug-likeness (QED) is 0.573. The van der Waals surface area contributed by atoms with E-state index in [1.807, 2.05) is 18.2 Å². The van der Waals surface area contributed by atoms with E-state index in [2.05, 4.69) is 6.92 Å². The van der Waals surface area contributed by atoms with Crippen LogP contribution in [0.1, 0.15) is 29.6 Å². The number of halogens is 1. The zero-order chi connectivity index (χ0) is 18.3. The number of nitrogens with zero attached hydrogens (tertiary/aromatic N) is 2. The highest BCUT2D eigenvalue weighted by Gasteiger charge is 2.26. The Morgan fingerprint density at radius 3 is 2.81 bits per heavy atom. The van der Waals surface area contributed by atoms with Crippen LogP contribution in [0.2, 0.25) is 0 Å². The molecule has 4 nitrogen and oxygen atoms in total. The maximum Gasteiger partial charge on any atom is 0.170 e. The van der Waals surface area contributed by atoms with Crippen LogP contribution in [-0.4, -0.2) is 24.2 Å². The molecule has 0 saturated heterocycles. The van der Waals surface area contributed by atoms with Gasteiger partial charge in [0.25, 0.3) is 0 Å². The number of ether oxygens (including phenoxy) is 2. The van der Waals surface area contributed by atoms with E-state index in [9.17, 15) is 0 Å². The van der Waals surface area contributed by atoms with Gasteiger partial charge in [0.2, 0.25) is 0 Å². The van der Waals surface area contributed by atoms with E-state index in [0.717, 1.165) is 34.3 Å². The monoisotopic (exact) mass is 388 g/mol. The number of hydrogen-bond acceptors (Lipinski definition) is 5. The maximum absolute atomic E-state index is 6.09. The van der Waals surface area contributed by atoms with Gasteiger partial charge in [0.05, 0.1) is 25.8 Å². The van der Waals surface area contributed by atoms with Gasteiger partial charge in [-0.3, -0.25) is 0 Å². The van der Waals surface area contributed by atoms with Crippen molar-refractivity contribution < 1.29 is 9.47 Å². The van der Waals surface area contributed by atoms with Crippen molar-refractivity contribution in [3.63, 3.8) is 0 Å². The van der Waals surface area contributed by atoms with Gasteiger partial charge in [-0.05, 0) is 42.9 Å². The first-order chi connectivity index (χ1) is 12.7. The van der Waals surface area contributed by atoms with E-state index in [-0.39, 0.29) is 5.88 Å². The predicted molar refractivity (Wildman–Crippen MR) is 107 cm³/mol. The molecule has 26 heavy (non-hydrogen) atoms. The summed E-state index contributed by atoms with van der Waals surface area (Å²) in [5, 5.41) is 1.15. The number of thiophene rings is 1. The number of alkyl halides is 1. The summed E-state index contributed by atoms with van der Waals surface area (Å²) in [5.41, 5.74) is 3.21. The molecule has 2 aromatic heterocycles. The van der Waals surface area contributed by atoms with E-state index in [1.54, 1.807) is 25.6 Å². The van der Waals surface area contributed by atoms with Gasteiger partial charge in [0, 0.05) is 15.8 Å². The highest BCUT2D eigenvalue weighted by Crippen LogP contribution is 2.45. The fourth-order valence-corrected chi connectivity index (χ4v) is 5.24. The molecule has 0 spiro atoms. The van der Waals surface area contributed by atoms with Crippen LogP contribution in [0.4, 0.5) is 0 Å². The topological polar surface area (TPSA) is 44.2 Å². The molecule has 0 bridgehead atoms. The molecule has 0 N–H and O–H groups in total. The SMILES string of the molecule is COc1cccc(-c2nc(CCl)nc3sc4c(c23)CCC(C)C4)c1OC. The molecule has 3 aromatic rings. The normalized spacial score (nSPS) is 16.5. The largest absolute Gasteiger partial charge is 0.493 e. The summed E-state index contributed by atoms with van der Waals surface area (Å²) in [7, 11) is 3.31. The highest BCUT2D eigenvalue weighted by atomic mass is 35.5. The first-order valence-electron chi connectivity index (χ1n) is 8.74. The Kier molecular flexibility index (Phi) is 4.76. The Bertz CT molecular complexity index is 970. The van der Waals surface area contributed by atoms with Gasteiger partial charge in [-0.15, -0.1) is 22.9 Å². The van der Waals surface area contributed by atoms with Crippen LogP contribution in [0.5, 0.6) is 11.5 Å². The molecule has 2 heterocycles. The minimum atomic E-state index is 0.286. The van der Waals surface area contributed by atoms with Gasteiger partial charge >= 0.3 is 0 Å². The van der Waals surface area contributed by atoms with Crippen LogP contribution in [0.25, 0.3) is 21.5 Å². The predicted octanol–water partition coefficient (Wildman–Crippen LogP) is 5.24. The summed E-state index contributed by atoms with van der Waals surface area (Å²) in [6, 6.07) is 5.89. The summed E-state index contributed by atoms with van der Waals surface area (Å²) >= 11 is 7.88. The fraction of sp³-hybridized carbons (Fsp3) is 0.400. The number of benzene rings is 1. The average Bonchev–Trinajstić information content (AvgIpc) is 3.03. The van der Waals surface area contributed by atoms with E-state index in [1.165, 1.54) is 16.9 Å². The fourth-order valence-electron chi connectivity index (χ4n) is 3.71. The second-order valence-corrected chi connectivity index (χ2v) is 8.05. The van der Waals surface area contributed by atoms with E-state index >= 15 is 0 Å². The number of para-hydroxylation sites is 1. The number of hydrogen-bond donors (Lipinski definition) is 0. The van der Waals surface area contributed by atoms with Crippen molar-refractivity contribution in [3.05, 3.63) is 34.5 Å². The molecule has 6 heteroatoms. The lowest BCUT2D eigenvalue weighted by molar-refractivity contribution is 0.356. The second-order valence-electron chi connectivity index (χ2n) is 6.70. The number of aromatic nitrogens is 2. The van der Waals surface area contributed by atoms with Gasteiger partial charge in [0.1, 0.15) is 10.7 Å². The van der Waals surface area contributed by atoms with Gasteiger partial charge in [0.15, 0.2) is 11.5 Å². The third-order valence-electron chi connectivity index (χ3n) is 4.98. The van der Waals surface area contributed by atoms with Crippen LogP contribution >= 0.6 is 22.9 Å². The molecule has 0 amide bonds. The molecular weight excluding hydrogens is 368 g/mol. The molecule has 0 saturated carbocycles. The zero-order valence-corrected chi connectivity index (χ0v) is 16.7. The lowest BCUT2D eigenvalue weighted by Gasteiger charge is -2.19. The van der Waals surface area contributed by atoms with Crippen LogP contribution in [0.3, 0.4) is 0 Å². The van der Waals surface area contributed by atoms with Crippen LogP contribution < -0.4 is 9.47 Å². The van der Waals surface area contributed by atoms with Crippen molar-refractivity contribution >= 4 is 33.2 Å². The van der Waals surface area contributed by atoms with Crippen molar-refractivity contribution in [3.8, 4) is 22.8 Å². The summed E-state index contributed by atoms with van der Waals surface area (Å²) in [6.07, 6.45) is 3.38. The number of methoxy groups -OCH3 is 2. The summed E-state index contributed by atoms with van der Waals surface area (Å²) < 4.78 is 11.2. The Hall–Kier alpha value is -1.85. The molecule has 1 aromatic carbocycles. The minimum Gasteiger partial charge on any atom is -0.493 e. The van der Waals surface area contributed by atoms with E-state index in [0.29, 0.717) is 23.2 Å². The first kappa shape index (κ1) is 17.6.